The Kier molecular flexibility index (Phi) is 7.77. The van der Waals surface area contributed by atoms with Gasteiger partial charge < -0.3 is 5.32 Å². The molecule has 1 N–H and O–H groups in total. The van der Waals surface area contributed by atoms with Crippen molar-refractivity contribution in [1.29, 1.82) is 0 Å². The normalized spacial score (nSPS) is 11.5. The number of hydrogen-bond acceptors (Lipinski definition) is 4. The van der Waals surface area contributed by atoms with Gasteiger partial charge in [-0.3, -0.25) is 9.36 Å². The van der Waals surface area contributed by atoms with Crippen LogP contribution in [0.25, 0.3) is 17.1 Å². The lowest BCUT2D eigenvalue weighted by molar-refractivity contribution is -0.113. The molecule has 0 aliphatic rings. The number of anilines is 1. The van der Waals surface area contributed by atoms with Crippen molar-refractivity contribution in [1.82, 2.24) is 14.8 Å². The topological polar surface area (TPSA) is 59.8 Å². The van der Waals surface area contributed by atoms with Crippen LogP contribution < -0.4 is 5.32 Å². The molecule has 0 spiro atoms. The number of amides is 1. The molecule has 0 fully saturated rings. The molecule has 4 rings (SSSR count). The standard InChI is InChI=1S/C26H23Cl3N4OS/c1-26(2,3)17-6-4-16(5-7-17)24-31-32-25(33(24)20-11-8-18(27)9-12-20)35-15-23(34)30-22-13-10-19(28)14-21(22)29/h4-14H,15H2,1-3H3,(H,30,34). The molecule has 0 aliphatic heterocycles. The van der Waals surface area contributed by atoms with E-state index in [2.05, 4.69) is 48.4 Å². The second-order valence-corrected chi connectivity index (χ2v) is 11.1. The summed E-state index contributed by atoms with van der Waals surface area (Å²) in [5.41, 5.74) is 3.54. The Morgan fingerprint density at radius 2 is 1.57 bits per heavy atom. The number of rotatable bonds is 6. The highest BCUT2D eigenvalue weighted by molar-refractivity contribution is 7.99. The zero-order valence-electron chi connectivity index (χ0n) is 19.3. The quantitative estimate of drug-likeness (QED) is 0.250. The average Bonchev–Trinajstić information content (AvgIpc) is 3.23. The van der Waals surface area contributed by atoms with Crippen molar-refractivity contribution in [2.24, 2.45) is 0 Å². The lowest BCUT2D eigenvalue weighted by Crippen LogP contribution is -2.15. The summed E-state index contributed by atoms with van der Waals surface area (Å²) >= 11 is 19.5. The lowest BCUT2D eigenvalue weighted by Gasteiger charge is -2.19. The highest BCUT2D eigenvalue weighted by atomic mass is 35.5. The van der Waals surface area contributed by atoms with E-state index in [0.717, 1.165) is 11.3 Å². The third-order valence-electron chi connectivity index (χ3n) is 5.26. The molecule has 180 valence electrons. The lowest BCUT2D eigenvalue weighted by atomic mass is 9.87. The molecular weight excluding hydrogens is 523 g/mol. The summed E-state index contributed by atoms with van der Waals surface area (Å²) in [4.78, 5) is 12.6. The van der Waals surface area contributed by atoms with Crippen molar-refractivity contribution in [3.8, 4) is 17.1 Å². The van der Waals surface area contributed by atoms with Gasteiger partial charge in [-0.15, -0.1) is 10.2 Å². The number of hydrogen-bond donors (Lipinski definition) is 1. The van der Waals surface area contributed by atoms with Crippen LogP contribution in [0.15, 0.2) is 71.9 Å². The van der Waals surface area contributed by atoms with E-state index in [-0.39, 0.29) is 17.1 Å². The molecule has 0 unspecified atom stereocenters. The summed E-state index contributed by atoms with van der Waals surface area (Å²) in [7, 11) is 0. The summed E-state index contributed by atoms with van der Waals surface area (Å²) in [6, 6.07) is 20.6. The summed E-state index contributed by atoms with van der Waals surface area (Å²) in [6.07, 6.45) is 0. The molecule has 1 heterocycles. The number of carbonyl (C=O) groups is 1. The Labute approximate surface area is 223 Å². The Hall–Kier alpha value is -2.51. The van der Waals surface area contributed by atoms with Crippen LogP contribution in [0.5, 0.6) is 0 Å². The number of nitrogens with one attached hydrogen (secondary N) is 1. The van der Waals surface area contributed by atoms with Crippen LogP contribution in [0.2, 0.25) is 15.1 Å². The maximum Gasteiger partial charge on any atom is 0.234 e. The molecule has 0 aliphatic carbocycles. The first-order valence-electron chi connectivity index (χ1n) is 10.8. The Morgan fingerprint density at radius 3 is 2.20 bits per heavy atom. The molecule has 5 nitrogen and oxygen atoms in total. The van der Waals surface area contributed by atoms with Gasteiger partial charge in [0.15, 0.2) is 11.0 Å². The number of benzene rings is 3. The van der Waals surface area contributed by atoms with Crippen LogP contribution in [-0.4, -0.2) is 26.4 Å². The number of aromatic nitrogens is 3. The van der Waals surface area contributed by atoms with Crippen LogP contribution in [-0.2, 0) is 10.2 Å². The number of halogens is 3. The van der Waals surface area contributed by atoms with E-state index in [9.17, 15) is 4.79 Å². The Bertz CT molecular complexity index is 1350. The summed E-state index contributed by atoms with van der Waals surface area (Å²) in [5, 5.41) is 13.7. The average molecular weight is 546 g/mol. The third kappa shape index (κ3) is 6.19. The minimum Gasteiger partial charge on any atom is -0.324 e. The SMILES string of the molecule is CC(C)(C)c1ccc(-c2nnc(SCC(=O)Nc3ccc(Cl)cc3Cl)n2-c2ccc(Cl)cc2)cc1. The maximum absolute atomic E-state index is 12.6. The highest BCUT2D eigenvalue weighted by Gasteiger charge is 2.19. The van der Waals surface area contributed by atoms with Gasteiger partial charge in [0, 0.05) is 21.3 Å². The number of thioether (sulfide) groups is 1. The zero-order valence-corrected chi connectivity index (χ0v) is 22.4. The van der Waals surface area contributed by atoms with Crippen LogP contribution >= 0.6 is 46.6 Å². The van der Waals surface area contributed by atoms with Crippen LogP contribution in [0.3, 0.4) is 0 Å². The van der Waals surface area contributed by atoms with Gasteiger partial charge >= 0.3 is 0 Å². The molecular formula is C26H23Cl3N4OS. The smallest absolute Gasteiger partial charge is 0.234 e. The van der Waals surface area contributed by atoms with Gasteiger partial charge in [-0.05, 0) is 53.4 Å². The van der Waals surface area contributed by atoms with E-state index >= 15 is 0 Å². The van der Waals surface area contributed by atoms with Crippen LogP contribution in [0.4, 0.5) is 5.69 Å². The first-order chi connectivity index (χ1) is 16.6. The Morgan fingerprint density at radius 1 is 0.914 bits per heavy atom. The fourth-order valence-electron chi connectivity index (χ4n) is 3.40. The summed E-state index contributed by atoms with van der Waals surface area (Å²) in [6.45, 7) is 6.53. The maximum atomic E-state index is 12.6. The molecule has 3 aromatic carbocycles. The minimum absolute atomic E-state index is 0.0454. The molecule has 0 radical (unpaired) electrons. The van der Waals surface area contributed by atoms with Gasteiger partial charge in [-0.1, -0.05) is 91.6 Å². The van der Waals surface area contributed by atoms with Crippen molar-refractivity contribution >= 4 is 58.2 Å². The van der Waals surface area contributed by atoms with E-state index < -0.39 is 0 Å². The fourth-order valence-corrected chi connectivity index (χ4v) is 4.73. The number of nitrogens with zero attached hydrogens (tertiary/aromatic N) is 3. The van der Waals surface area contributed by atoms with Crippen molar-refractivity contribution in [2.45, 2.75) is 31.3 Å². The van der Waals surface area contributed by atoms with E-state index in [1.54, 1.807) is 18.2 Å². The first kappa shape index (κ1) is 25.6. The van der Waals surface area contributed by atoms with E-state index in [1.807, 2.05) is 41.0 Å². The minimum atomic E-state index is -0.221. The predicted octanol–water partition coefficient (Wildman–Crippen LogP) is 7.92. The van der Waals surface area contributed by atoms with Gasteiger partial charge in [0.25, 0.3) is 0 Å². The summed E-state index contributed by atoms with van der Waals surface area (Å²) in [5.74, 6) is 0.575. The van der Waals surface area contributed by atoms with Gasteiger partial charge in [-0.2, -0.15) is 0 Å². The summed E-state index contributed by atoms with van der Waals surface area (Å²) < 4.78 is 1.93. The highest BCUT2D eigenvalue weighted by Crippen LogP contribution is 2.31. The van der Waals surface area contributed by atoms with Crippen molar-refractivity contribution in [2.75, 3.05) is 11.1 Å². The molecule has 4 aromatic rings. The predicted molar refractivity (Wildman–Crippen MR) is 146 cm³/mol. The monoisotopic (exact) mass is 544 g/mol. The van der Waals surface area contributed by atoms with Crippen molar-refractivity contribution in [3.05, 3.63) is 87.4 Å². The first-order valence-corrected chi connectivity index (χ1v) is 12.9. The fraction of sp³-hybridized carbons (Fsp3) is 0.192. The number of carbonyl (C=O) groups excluding carboxylic acids is 1. The van der Waals surface area contributed by atoms with Gasteiger partial charge in [0.05, 0.1) is 16.5 Å². The van der Waals surface area contributed by atoms with Gasteiger partial charge in [0.2, 0.25) is 5.91 Å². The van der Waals surface area contributed by atoms with Gasteiger partial charge in [-0.25, -0.2) is 0 Å². The molecule has 0 saturated heterocycles. The third-order valence-corrected chi connectivity index (χ3v) is 6.99. The van der Waals surface area contributed by atoms with E-state index in [1.165, 1.54) is 17.3 Å². The van der Waals surface area contributed by atoms with Gasteiger partial charge in [0.1, 0.15) is 0 Å². The molecule has 0 saturated carbocycles. The second-order valence-electron chi connectivity index (χ2n) is 8.91. The molecule has 35 heavy (non-hydrogen) atoms. The Balaban J connectivity index is 1.61. The molecule has 0 bridgehead atoms. The second kappa shape index (κ2) is 10.6. The van der Waals surface area contributed by atoms with Crippen LogP contribution in [0.1, 0.15) is 26.3 Å². The molecule has 9 heteroatoms. The van der Waals surface area contributed by atoms with Crippen molar-refractivity contribution in [3.63, 3.8) is 0 Å². The largest absolute Gasteiger partial charge is 0.324 e. The van der Waals surface area contributed by atoms with E-state index in [4.69, 9.17) is 34.8 Å². The molecule has 1 aromatic heterocycles. The molecule has 1 amide bonds. The zero-order chi connectivity index (χ0) is 25.2. The van der Waals surface area contributed by atoms with Crippen molar-refractivity contribution < 1.29 is 4.79 Å². The van der Waals surface area contributed by atoms with E-state index in [0.29, 0.717) is 31.7 Å². The molecule has 0 atom stereocenters. The van der Waals surface area contributed by atoms with Crippen LogP contribution in [0, 0.1) is 0 Å².